The van der Waals surface area contributed by atoms with Crippen LogP contribution in [-0.2, 0) is 17.7 Å². The number of aromatic nitrogens is 3. The minimum atomic E-state index is -0.0186. The highest BCUT2D eigenvalue weighted by molar-refractivity contribution is 6.00. The number of pyridine rings is 3. The molecule has 154 valence electrons. The second-order valence-electron chi connectivity index (χ2n) is 7.72. The van der Waals surface area contributed by atoms with Gasteiger partial charge in [0.2, 0.25) is 0 Å². The van der Waals surface area contributed by atoms with E-state index in [-0.39, 0.29) is 5.43 Å². The number of nitrogens with one attached hydrogen (secondary N) is 1. The van der Waals surface area contributed by atoms with Crippen molar-refractivity contribution < 1.29 is 4.84 Å². The fourth-order valence-electron chi connectivity index (χ4n) is 3.72. The fourth-order valence-corrected chi connectivity index (χ4v) is 3.72. The van der Waals surface area contributed by atoms with Gasteiger partial charge in [-0.15, -0.1) is 0 Å². The third kappa shape index (κ3) is 4.82. The molecule has 0 amide bonds. The Morgan fingerprint density at radius 2 is 2.00 bits per heavy atom. The molecule has 0 saturated carbocycles. The quantitative estimate of drug-likeness (QED) is 0.496. The van der Waals surface area contributed by atoms with Gasteiger partial charge >= 0.3 is 0 Å². The van der Waals surface area contributed by atoms with Crippen LogP contribution in [0.4, 0.5) is 0 Å². The summed E-state index contributed by atoms with van der Waals surface area (Å²) in [6, 6.07) is 13.2. The van der Waals surface area contributed by atoms with E-state index in [9.17, 15) is 4.79 Å². The van der Waals surface area contributed by atoms with Crippen LogP contribution < -0.4 is 5.43 Å². The molecule has 0 saturated heterocycles. The van der Waals surface area contributed by atoms with Gasteiger partial charge in [0.1, 0.15) is 12.3 Å². The Morgan fingerprint density at radius 1 is 1.10 bits per heavy atom. The number of hydrogen-bond acceptors (Lipinski definition) is 5. The molecule has 4 rings (SSSR count). The summed E-state index contributed by atoms with van der Waals surface area (Å²) in [5.74, 6) is 0. The Labute approximate surface area is 176 Å². The monoisotopic (exact) mass is 402 g/mol. The van der Waals surface area contributed by atoms with Crippen LogP contribution in [0.3, 0.4) is 0 Å². The van der Waals surface area contributed by atoms with Crippen molar-refractivity contribution in [3.8, 4) is 11.4 Å². The van der Waals surface area contributed by atoms with Gasteiger partial charge in [-0.25, -0.2) is 0 Å². The van der Waals surface area contributed by atoms with Crippen molar-refractivity contribution in [3.63, 3.8) is 0 Å². The molecule has 0 radical (unpaired) electrons. The molecule has 3 heterocycles. The summed E-state index contributed by atoms with van der Waals surface area (Å²) in [7, 11) is 0. The Bertz CT molecular complexity index is 1130. The highest BCUT2D eigenvalue weighted by atomic mass is 16.6. The predicted molar refractivity (Wildman–Crippen MR) is 118 cm³/mol. The van der Waals surface area contributed by atoms with Gasteiger partial charge in [-0.3, -0.25) is 14.8 Å². The lowest BCUT2D eigenvalue weighted by molar-refractivity contribution is 0.141. The number of fused-ring (bicyclic) bond motifs is 1. The summed E-state index contributed by atoms with van der Waals surface area (Å²) >= 11 is 0. The van der Waals surface area contributed by atoms with Gasteiger partial charge in [0.15, 0.2) is 5.43 Å². The zero-order valence-corrected chi connectivity index (χ0v) is 17.4. The Kier molecular flexibility index (Phi) is 6.02. The lowest BCUT2D eigenvalue weighted by Crippen LogP contribution is -2.15. The minimum absolute atomic E-state index is 0.0186. The molecule has 0 unspecified atom stereocenters. The van der Waals surface area contributed by atoms with Crippen molar-refractivity contribution in [2.75, 3.05) is 6.61 Å². The Morgan fingerprint density at radius 3 is 2.87 bits per heavy atom. The Balaban J connectivity index is 1.35. The zero-order valence-electron chi connectivity index (χ0n) is 17.4. The van der Waals surface area contributed by atoms with Gasteiger partial charge < -0.3 is 9.82 Å². The molecule has 0 aromatic carbocycles. The molecule has 6 heteroatoms. The highest BCUT2D eigenvalue weighted by Gasteiger charge is 2.17. The maximum Gasteiger partial charge on any atom is 0.182 e. The number of oxime groups is 1. The smallest absolute Gasteiger partial charge is 0.182 e. The Hall–Kier alpha value is -3.28. The topological polar surface area (TPSA) is 80.2 Å². The lowest BCUT2D eigenvalue weighted by Gasteiger charge is -2.16. The average molecular weight is 402 g/mol. The van der Waals surface area contributed by atoms with Crippen LogP contribution >= 0.6 is 0 Å². The van der Waals surface area contributed by atoms with Gasteiger partial charge in [-0.1, -0.05) is 17.3 Å². The van der Waals surface area contributed by atoms with Gasteiger partial charge in [-0.05, 0) is 69.7 Å². The van der Waals surface area contributed by atoms with Crippen molar-refractivity contribution in [3.05, 3.63) is 81.0 Å². The summed E-state index contributed by atoms with van der Waals surface area (Å²) in [6.07, 6.45) is 4.63. The second kappa shape index (κ2) is 9.03. The van der Waals surface area contributed by atoms with E-state index in [2.05, 4.69) is 32.2 Å². The number of aromatic amines is 1. The molecule has 1 N–H and O–H groups in total. The molecular weight excluding hydrogens is 376 g/mol. The maximum absolute atomic E-state index is 11.8. The van der Waals surface area contributed by atoms with Gasteiger partial charge in [0.25, 0.3) is 0 Å². The number of nitrogens with zero attached hydrogens (tertiary/aromatic N) is 3. The fraction of sp³-hybridized carbons (Fsp3) is 0.333. The zero-order chi connectivity index (χ0) is 20.9. The summed E-state index contributed by atoms with van der Waals surface area (Å²) in [5, 5.41) is 4.38. The van der Waals surface area contributed by atoms with Crippen molar-refractivity contribution >= 4 is 5.71 Å². The molecule has 0 spiro atoms. The average Bonchev–Trinajstić information content (AvgIpc) is 2.73. The third-order valence-electron chi connectivity index (χ3n) is 5.15. The van der Waals surface area contributed by atoms with Crippen LogP contribution in [0.2, 0.25) is 0 Å². The highest BCUT2D eigenvalue weighted by Crippen LogP contribution is 2.21. The van der Waals surface area contributed by atoms with E-state index in [4.69, 9.17) is 4.84 Å². The van der Waals surface area contributed by atoms with E-state index in [1.54, 1.807) is 12.1 Å². The van der Waals surface area contributed by atoms with Crippen LogP contribution in [0.5, 0.6) is 0 Å². The molecule has 0 fully saturated rings. The van der Waals surface area contributed by atoms with Crippen LogP contribution in [0.1, 0.15) is 47.6 Å². The van der Waals surface area contributed by atoms with Crippen molar-refractivity contribution in [1.82, 2.24) is 15.0 Å². The van der Waals surface area contributed by atoms with E-state index in [0.717, 1.165) is 72.0 Å². The summed E-state index contributed by atoms with van der Waals surface area (Å²) in [6.45, 7) is 4.40. The number of rotatable bonds is 6. The van der Waals surface area contributed by atoms with E-state index < -0.39 is 0 Å². The number of hydrogen-bond donors (Lipinski definition) is 1. The normalized spacial score (nSPS) is 14.5. The summed E-state index contributed by atoms with van der Waals surface area (Å²) < 4.78 is 0. The SMILES string of the molecule is Cc1ccc2c(n1)/C(=N/OCCCc1cccc(-c3cc(=O)cc(C)[nH]3)n1)CCC2. The lowest BCUT2D eigenvalue weighted by atomic mass is 9.94. The number of H-pyrrole nitrogens is 1. The molecule has 0 bridgehead atoms. The summed E-state index contributed by atoms with van der Waals surface area (Å²) in [5.41, 5.74) is 7.48. The van der Waals surface area contributed by atoms with Crippen molar-refractivity contribution in [2.24, 2.45) is 5.16 Å². The van der Waals surface area contributed by atoms with Crippen LogP contribution in [0, 0.1) is 13.8 Å². The molecule has 0 aliphatic heterocycles. The van der Waals surface area contributed by atoms with Crippen LogP contribution in [-0.4, -0.2) is 27.3 Å². The first kappa shape index (κ1) is 20.0. The largest absolute Gasteiger partial charge is 0.396 e. The standard InChI is InChI=1S/C24H26N4O2/c1-16-11-12-18-6-3-10-22(24(18)26-16)28-30-13-5-8-19-7-4-9-21(27-19)23-15-20(29)14-17(2)25-23/h4,7,9,11-12,14-15H,3,5-6,8,10,13H2,1-2H3,(H,25,29)/b28-22+. The van der Waals surface area contributed by atoms with Crippen LogP contribution in [0.25, 0.3) is 11.4 Å². The van der Waals surface area contributed by atoms with Crippen LogP contribution in [0.15, 0.2) is 52.4 Å². The van der Waals surface area contributed by atoms with E-state index in [1.807, 2.05) is 32.0 Å². The van der Waals surface area contributed by atoms with E-state index in [1.165, 1.54) is 5.56 Å². The first-order valence-corrected chi connectivity index (χ1v) is 10.4. The summed E-state index contributed by atoms with van der Waals surface area (Å²) in [4.78, 5) is 29.9. The molecule has 30 heavy (non-hydrogen) atoms. The molecular formula is C24H26N4O2. The first-order valence-electron chi connectivity index (χ1n) is 10.4. The maximum atomic E-state index is 11.8. The predicted octanol–water partition coefficient (Wildman–Crippen LogP) is 4.14. The molecule has 3 aromatic rings. The molecule has 1 aliphatic rings. The van der Waals surface area contributed by atoms with Gasteiger partial charge in [-0.2, -0.15) is 0 Å². The third-order valence-corrected chi connectivity index (χ3v) is 5.15. The van der Waals surface area contributed by atoms with Gasteiger partial charge in [0, 0.05) is 29.2 Å². The number of aryl methyl sites for hydroxylation is 4. The molecule has 3 aromatic heterocycles. The van der Waals surface area contributed by atoms with Crippen molar-refractivity contribution in [2.45, 2.75) is 46.0 Å². The van der Waals surface area contributed by atoms with Crippen molar-refractivity contribution in [1.29, 1.82) is 0 Å². The van der Waals surface area contributed by atoms with E-state index >= 15 is 0 Å². The molecule has 1 aliphatic carbocycles. The van der Waals surface area contributed by atoms with Gasteiger partial charge in [0.05, 0.1) is 17.1 Å². The van der Waals surface area contributed by atoms with E-state index in [0.29, 0.717) is 6.61 Å². The first-order chi connectivity index (χ1) is 14.6. The molecule has 0 atom stereocenters. The second-order valence-corrected chi connectivity index (χ2v) is 7.72. The molecule has 6 nitrogen and oxygen atoms in total. The minimum Gasteiger partial charge on any atom is -0.396 e.